The van der Waals surface area contributed by atoms with Gasteiger partial charge in [0.25, 0.3) is 5.91 Å². The number of hydrogen-bond acceptors (Lipinski definition) is 5. The minimum Gasteiger partial charge on any atom is -0.339 e. The fraction of sp³-hybridized carbons (Fsp3) is 0.318. The van der Waals surface area contributed by atoms with E-state index in [4.69, 9.17) is 0 Å². The summed E-state index contributed by atoms with van der Waals surface area (Å²) >= 11 is 1.40. The molecule has 0 atom stereocenters. The van der Waals surface area contributed by atoms with Crippen molar-refractivity contribution in [2.24, 2.45) is 5.92 Å². The summed E-state index contributed by atoms with van der Waals surface area (Å²) in [4.78, 5) is 23.5. The third-order valence-electron chi connectivity index (χ3n) is 5.01. The van der Waals surface area contributed by atoms with E-state index in [-0.39, 0.29) is 5.91 Å². The highest BCUT2D eigenvalue weighted by Crippen LogP contribution is 2.18. The molecule has 1 aliphatic heterocycles. The fourth-order valence-corrected chi connectivity index (χ4v) is 3.96. The van der Waals surface area contributed by atoms with Gasteiger partial charge in [0.05, 0.1) is 0 Å². The molecule has 1 amide bonds. The van der Waals surface area contributed by atoms with Crippen molar-refractivity contribution in [3.05, 3.63) is 65.2 Å². The number of thiazole rings is 1. The number of pyridine rings is 1. The maximum absolute atomic E-state index is 12.7. The molecule has 4 rings (SSSR count). The number of nitrogens with one attached hydrogen (secondary N) is 1. The zero-order valence-electron chi connectivity index (χ0n) is 16.3. The Morgan fingerprint density at radius 2 is 2.07 bits per heavy atom. The van der Waals surface area contributed by atoms with Gasteiger partial charge in [0.1, 0.15) is 11.4 Å². The molecule has 6 nitrogen and oxygen atoms in total. The molecule has 0 spiro atoms. The van der Waals surface area contributed by atoms with Gasteiger partial charge < -0.3 is 9.47 Å². The second-order valence-corrected chi connectivity index (χ2v) is 8.07. The lowest BCUT2D eigenvalue weighted by atomic mass is 9.98. The molecule has 1 N–H and O–H groups in total. The third kappa shape index (κ3) is 5.11. The van der Waals surface area contributed by atoms with E-state index in [9.17, 15) is 4.79 Å². The first-order valence-electron chi connectivity index (χ1n) is 9.68. The van der Waals surface area contributed by atoms with Gasteiger partial charge in [0, 0.05) is 36.4 Å². The highest BCUT2D eigenvalue weighted by molar-refractivity contribution is 7.14. The zero-order valence-corrected chi connectivity index (χ0v) is 17.2. The second kappa shape index (κ2) is 9.03. The molecule has 0 aromatic carbocycles. The molecule has 0 aliphatic carbocycles. The Morgan fingerprint density at radius 3 is 2.86 bits per heavy atom. The molecule has 3 aromatic heterocycles. The summed E-state index contributed by atoms with van der Waals surface area (Å²) in [5, 5.41) is 5.36. The molecule has 0 saturated carbocycles. The molecule has 1 saturated heterocycles. The van der Waals surface area contributed by atoms with Crippen LogP contribution in [0.2, 0.25) is 0 Å². The van der Waals surface area contributed by atoms with Crippen molar-refractivity contribution in [1.82, 2.24) is 19.4 Å². The Balaban J connectivity index is 1.38. The molecule has 0 unspecified atom stereocenters. The Kier molecular flexibility index (Phi) is 6.03. The molecular formula is C22H23N5OS. The van der Waals surface area contributed by atoms with Crippen molar-refractivity contribution < 1.29 is 4.79 Å². The molecule has 7 heteroatoms. The minimum absolute atomic E-state index is 0.173. The van der Waals surface area contributed by atoms with E-state index in [1.807, 2.05) is 40.4 Å². The average Bonchev–Trinajstić information content (AvgIpc) is 3.38. The van der Waals surface area contributed by atoms with Crippen LogP contribution in [0.3, 0.4) is 0 Å². The van der Waals surface area contributed by atoms with Gasteiger partial charge in [-0.3, -0.25) is 15.1 Å². The molecule has 0 radical (unpaired) electrons. The van der Waals surface area contributed by atoms with Crippen LogP contribution in [0.4, 0.5) is 5.13 Å². The molecule has 1 aliphatic rings. The number of likely N-dealkylation sites (tertiary alicyclic amines) is 1. The lowest BCUT2D eigenvalue weighted by Gasteiger charge is -2.25. The van der Waals surface area contributed by atoms with Crippen molar-refractivity contribution in [2.75, 3.05) is 25.5 Å². The van der Waals surface area contributed by atoms with Gasteiger partial charge in [0.2, 0.25) is 0 Å². The standard InChI is InChI=1S/C22H23N5OS/c1-26-13-8-17(9-14-26)4-5-19-16-29-22(24-19)25-21(28)20-3-2-12-27(20)15-18-6-10-23-11-7-18/h2-3,6-7,10-12,16-17H,8-9,13-15H2,1H3,(H,24,25,28). The molecule has 29 heavy (non-hydrogen) atoms. The topological polar surface area (TPSA) is 63.1 Å². The highest BCUT2D eigenvalue weighted by Gasteiger charge is 2.15. The van der Waals surface area contributed by atoms with E-state index in [2.05, 4.69) is 39.1 Å². The smallest absolute Gasteiger partial charge is 0.274 e. The zero-order chi connectivity index (χ0) is 20.1. The summed E-state index contributed by atoms with van der Waals surface area (Å²) < 4.78 is 1.92. The van der Waals surface area contributed by atoms with Crippen LogP contribution in [-0.2, 0) is 6.54 Å². The Morgan fingerprint density at radius 1 is 1.28 bits per heavy atom. The lowest BCUT2D eigenvalue weighted by molar-refractivity contribution is 0.101. The van der Waals surface area contributed by atoms with E-state index >= 15 is 0 Å². The summed E-state index contributed by atoms with van der Waals surface area (Å²) in [5.74, 6) is 6.76. The van der Waals surface area contributed by atoms with Crippen molar-refractivity contribution in [3.8, 4) is 11.8 Å². The van der Waals surface area contributed by atoms with Crippen LogP contribution in [0.1, 0.15) is 34.6 Å². The van der Waals surface area contributed by atoms with Gasteiger partial charge in [-0.25, -0.2) is 4.98 Å². The third-order valence-corrected chi connectivity index (χ3v) is 5.77. The van der Waals surface area contributed by atoms with E-state index in [1.54, 1.807) is 12.4 Å². The average molecular weight is 406 g/mol. The maximum atomic E-state index is 12.7. The quantitative estimate of drug-likeness (QED) is 0.677. The number of carbonyl (C=O) groups is 1. The summed E-state index contributed by atoms with van der Waals surface area (Å²) in [6.45, 7) is 2.80. The monoisotopic (exact) mass is 405 g/mol. The first-order chi connectivity index (χ1) is 14.2. The van der Waals surface area contributed by atoms with Crippen LogP contribution in [-0.4, -0.2) is 45.5 Å². The van der Waals surface area contributed by atoms with Crippen molar-refractivity contribution in [2.45, 2.75) is 19.4 Å². The Bertz CT molecular complexity index is 1020. The number of hydrogen-bond donors (Lipinski definition) is 1. The summed E-state index contributed by atoms with van der Waals surface area (Å²) in [7, 11) is 2.15. The van der Waals surface area contributed by atoms with Crippen molar-refractivity contribution in [1.29, 1.82) is 0 Å². The van der Waals surface area contributed by atoms with Crippen molar-refractivity contribution in [3.63, 3.8) is 0 Å². The van der Waals surface area contributed by atoms with Crippen LogP contribution in [0.15, 0.2) is 48.2 Å². The van der Waals surface area contributed by atoms with Crippen LogP contribution in [0, 0.1) is 17.8 Å². The largest absolute Gasteiger partial charge is 0.339 e. The van der Waals surface area contributed by atoms with Gasteiger partial charge in [-0.05, 0) is 68.7 Å². The molecule has 0 bridgehead atoms. The SMILES string of the molecule is CN1CCC(C#Cc2csc(NC(=O)c3cccn3Cc3ccncc3)n2)CC1. The van der Waals surface area contributed by atoms with Gasteiger partial charge in [-0.15, -0.1) is 11.3 Å². The Hall–Kier alpha value is -2.95. The van der Waals surface area contributed by atoms with Crippen LogP contribution >= 0.6 is 11.3 Å². The van der Waals surface area contributed by atoms with E-state index in [0.717, 1.165) is 37.2 Å². The molecular weight excluding hydrogens is 382 g/mol. The maximum Gasteiger partial charge on any atom is 0.274 e. The van der Waals surface area contributed by atoms with Crippen molar-refractivity contribution >= 4 is 22.4 Å². The number of carbonyl (C=O) groups excluding carboxylic acids is 1. The number of anilines is 1. The predicted octanol–water partition coefficient (Wildman–Crippen LogP) is 3.33. The fourth-order valence-electron chi connectivity index (χ4n) is 3.32. The Labute approximate surface area is 174 Å². The van der Waals surface area contributed by atoms with Gasteiger partial charge in [0.15, 0.2) is 5.13 Å². The van der Waals surface area contributed by atoms with Gasteiger partial charge in [-0.2, -0.15) is 0 Å². The first-order valence-corrected chi connectivity index (χ1v) is 10.6. The van der Waals surface area contributed by atoms with E-state index in [0.29, 0.717) is 23.3 Å². The predicted molar refractivity (Wildman–Crippen MR) is 115 cm³/mol. The number of amides is 1. The van der Waals surface area contributed by atoms with Gasteiger partial charge >= 0.3 is 0 Å². The first kappa shape index (κ1) is 19.4. The number of piperidine rings is 1. The summed E-state index contributed by atoms with van der Waals surface area (Å²) in [6, 6.07) is 7.57. The summed E-state index contributed by atoms with van der Waals surface area (Å²) in [5.41, 5.74) is 2.40. The highest BCUT2D eigenvalue weighted by atomic mass is 32.1. The summed E-state index contributed by atoms with van der Waals surface area (Å²) in [6.07, 6.45) is 7.61. The van der Waals surface area contributed by atoms with Gasteiger partial charge in [-0.1, -0.05) is 5.92 Å². The number of rotatable bonds is 4. The molecule has 4 heterocycles. The van der Waals surface area contributed by atoms with E-state index < -0.39 is 0 Å². The minimum atomic E-state index is -0.173. The molecule has 1 fully saturated rings. The molecule has 3 aromatic rings. The molecule has 148 valence electrons. The normalized spacial score (nSPS) is 14.9. The lowest BCUT2D eigenvalue weighted by Crippen LogP contribution is -2.29. The van der Waals surface area contributed by atoms with Crippen LogP contribution in [0.5, 0.6) is 0 Å². The van der Waals surface area contributed by atoms with E-state index in [1.165, 1.54) is 11.3 Å². The second-order valence-electron chi connectivity index (χ2n) is 7.22. The van der Waals surface area contributed by atoms with Crippen LogP contribution < -0.4 is 5.32 Å². The number of nitrogens with zero attached hydrogens (tertiary/aromatic N) is 4. The number of aromatic nitrogens is 3. The van der Waals surface area contributed by atoms with Crippen LogP contribution in [0.25, 0.3) is 0 Å².